The highest BCUT2D eigenvalue weighted by Gasteiger charge is 2.19. The third-order valence-corrected chi connectivity index (χ3v) is 2.21. The molecule has 12 heavy (non-hydrogen) atoms. The van der Waals surface area contributed by atoms with Crippen molar-refractivity contribution in [3.8, 4) is 5.75 Å². The Balaban J connectivity index is 2.53. The average Bonchev–Trinajstić information content (AvgIpc) is 2.46. The summed E-state index contributed by atoms with van der Waals surface area (Å²) in [5, 5.41) is 0.0676. The maximum absolute atomic E-state index is 10.5. The highest BCUT2D eigenvalue weighted by molar-refractivity contribution is 7.72. The van der Waals surface area contributed by atoms with Crippen LogP contribution in [0.4, 0.5) is 0 Å². The van der Waals surface area contributed by atoms with Crippen molar-refractivity contribution in [3.05, 3.63) is 24.0 Å². The topological polar surface area (TPSA) is 56.3 Å². The van der Waals surface area contributed by atoms with Gasteiger partial charge in [-0.2, -0.15) is 8.42 Å². The maximum atomic E-state index is 10.5. The van der Waals surface area contributed by atoms with Gasteiger partial charge in [-0.25, -0.2) is 0 Å². The van der Waals surface area contributed by atoms with E-state index in [1.54, 1.807) is 12.3 Å². The summed E-state index contributed by atoms with van der Waals surface area (Å²) in [6.45, 7) is 0. The quantitative estimate of drug-likeness (QED) is 0.532. The SMILES string of the molecule is O=S(=O)=C1Cc2ccncc2O1. The Morgan fingerprint density at radius 2 is 2.33 bits per heavy atom. The Labute approximate surface area is 70.3 Å². The van der Waals surface area contributed by atoms with Gasteiger partial charge in [0.25, 0.3) is 10.3 Å². The fourth-order valence-electron chi connectivity index (χ4n) is 1.05. The lowest BCUT2D eigenvalue weighted by atomic mass is 10.2. The number of hydrogen-bond acceptors (Lipinski definition) is 4. The number of fused-ring (bicyclic) bond motifs is 1. The van der Waals surface area contributed by atoms with Gasteiger partial charge in [-0.3, -0.25) is 4.98 Å². The van der Waals surface area contributed by atoms with Crippen LogP contribution in [0.15, 0.2) is 18.5 Å². The van der Waals surface area contributed by atoms with Gasteiger partial charge in [-0.1, -0.05) is 0 Å². The molecule has 0 saturated heterocycles. The summed E-state index contributed by atoms with van der Waals surface area (Å²) in [7, 11) is -2.25. The van der Waals surface area contributed by atoms with Gasteiger partial charge < -0.3 is 4.74 Å². The van der Waals surface area contributed by atoms with Crippen molar-refractivity contribution in [1.29, 1.82) is 0 Å². The predicted octanol–water partition coefficient (Wildman–Crippen LogP) is 0.0255. The third kappa shape index (κ3) is 1.08. The van der Waals surface area contributed by atoms with Crippen molar-refractivity contribution in [1.82, 2.24) is 4.98 Å². The van der Waals surface area contributed by atoms with Crippen LogP contribution in [0, 0.1) is 0 Å². The van der Waals surface area contributed by atoms with Gasteiger partial charge in [0, 0.05) is 11.8 Å². The van der Waals surface area contributed by atoms with Gasteiger partial charge in [-0.15, -0.1) is 0 Å². The van der Waals surface area contributed by atoms with E-state index in [2.05, 4.69) is 4.98 Å². The van der Waals surface area contributed by atoms with Crippen molar-refractivity contribution < 1.29 is 13.2 Å². The lowest BCUT2D eigenvalue weighted by molar-refractivity contribution is 0.566. The van der Waals surface area contributed by atoms with Gasteiger partial charge in [-0.05, 0) is 6.07 Å². The molecule has 0 saturated carbocycles. The zero-order chi connectivity index (χ0) is 8.55. The minimum Gasteiger partial charge on any atom is -0.443 e. The molecule has 1 aliphatic heterocycles. The fraction of sp³-hybridized carbons (Fsp3) is 0.143. The lowest BCUT2D eigenvalue weighted by Crippen LogP contribution is -2.03. The molecular formula is C7H5NO3S. The predicted molar refractivity (Wildman–Crippen MR) is 42.5 cm³/mol. The summed E-state index contributed by atoms with van der Waals surface area (Å²) >= 11 is 0. The first-order valence-electron chi connectivity index (χ1n) is 3.33. The summed E-state index contributed by atoms with van der Waals surface area (Å²) in [5.74, 6) is 0.539. The van der Waals surface area contributed by atoms with E-state index in [9.17, 15) is 8.42 Å². The molecule has 0 bridgehead atoms. The molecule has 62 valence electrons. The smallest absolute Gasteiger partial charge is 0.253 e. The largest absolute Gasteiger partial charge is 0.443 e. The molecule has 5 heteroatoms. The molecular weight excluding hydrogens is 178 g/mol. The third-order valence-electron chi connectivity index (χ3n) is 1.61. The Morgan fingerprint density at radius 1 is 1.50 bits per heavy atom. The first kappa shape index (κ1) is 7.30. The summed E-state index contributed by atoms with van der Waals surface area (Å²) in [5.41, 5.74) is 0.865. The Kier molecular flexibility index (Phi) is 1.58. The van der Waals surface area contributed by atoms with Crippen LogP contribution < -0.4 is 4.74 Å². The highest BCUT2D eigenvalue weighted by atomic mass is 32.2. The van der Waals surface area contributed by atoms with Crippen LogP contribution >= 0.6 is 0 Å². The molecule has 4 nitrogen and oxygen atoms in total. The number of pyridine rings is 1. The van der Waals surface area contributed by atoms with E-state index < -0.39 is 10.3 Å². The Morgan fingerprint density at radius 3 is 3.00 bits per heavy atom. The van der Waals surface area contributed by atoms with Gasteiger partial charge in [0.05, 0.1) is 12.6 Å². The molecule has 1 aromatic rings. The zero-order valence-electron chi connectivity index (χ0n) is 6.02. The van der Waals surface area contributed by atoms with Crippen molar-refractivity contribution in [3.63, 3.8) is 0 Å². The standard InChI is InChI=1S/C7H5NO3S/c9-12(10)7-3-5-1-2-8-4-6(5)11-7/h1-2,4H,3H2. The van der Waals surface area contributed by atoms with Gasteiger partial charge in [0.1, 0.15) is 5.75 Å². The number of hydrogen-bond donors (Lipinski definition) is 0. The van der Waals surface area contributed by atoms with Gasteiger partial charge >= 0.3 is 0 Å². The zero-order valence-corrected chi connectivity index (χ0v) is 6.84. The first-order valence-corrected chi connectivity index (χ1v) is 4.40. The van der Waals surface area contributed by atoms with E-state index in [0.717, 1.165) is 5.56 Å². The molecule has 0 aliphatic carbocycles. The summed E-state index contributed by atoms with van der Waals surface area (Å²) in [4.78, 5) is 3.81. The van der Waals surface area contributed by atoms with Gasteiger partial charge in [0.2, 0.25) is 5.05 Å². The fourth-order valence-corrected chi connectivity index (χ4v) is 1.49. The van der Waals surface area contributed by atoms with Crippen LogP contribution in [0.2, 0.25) is 0 Å². The average molecular weight is 183 g/mol. The monoisotopic (exact) mass is 183 g/mol. The van der Waals surface area contributed by atoms with E-state index >= 15 is 0 Å². The van der Waals surface area contributed by atoms with Crippen LogP contribution in [0.3, 0.4) is 0 Å². The number of rotatable bonds is 0. The Hall–Kier alpha value is -1.36. The van der Waals surface area contributed by atoms with E-state index in [0.29, 0.717) is 12.2 Å². The van der Waals surface area contributed by atoms with Crippen molar-refractivity contribution >= 4 is 15.3 Å². The second kappa shape index (κ2) is 2.60. The molecule has 2 heterocycles. The molecule has 1 aromatic heterocycles. The van der Waals surface area contributed by atoms with Crippen LogP contribution in [0.25, 0.3) is 0 Å². The van der Waals surface area contributed by atoms with Crippen molar-refractivity contribution in [2.24, 2.45) is 0 Å². The molecule has 0 unspecified atom stereocenters. The van der Waals surface area contributed by atoms with E-state index in [1.165, 1.54) is 6.20 Å². The second-order valence-corrected chi connectivity index (χ2v) is 3.29. The maximum Gasteiger partial charge on any atom is 0.253 e. The lowest BCUT2D eigenvalue weighted by Gasteiger charge is -1.92. The van der Waals surface area contributed by atoms with Crippen LogP contribution in [0.1, 0.15) is 5.56 Å². The number of aromatic nitrogens is 1. The molecule has 0 aromatic carbocycles. The van der Waals surface area contributed by atoms with Crippen LogP contribution in [0.5, 0.6) is 5.75 Å². The minimum atomic E-state index is -2.25. The summed E-state index contributed by atoms with van der Waals surface area (Å²) < 4.78 is 26.0. The number of nitrogens with zero attached hydrogens (tertiary/aromatic N) is 1. The minimum absolute atomic E-state index is 0.0676. The van der Waals surface area contributed by atoms with E-state index in [1.807, 2.05) is 0 Å². The molecule has 0 spiro atoms. The number of ether oxygens (including phenoxy) is 1. The highest BCUT2D eigenvalue weighted by Crippen LogP contribution is 2.23. The molecule has 0 atom stereocenters. The molecule has 0 fully saturated rings. The second-order valence-electron chi connectivity index (χ2n) is 2.37. The Bertz CT molecular complexity index is 414. The first-order chi connectivity index (χ1) is 5.77. The van der Waals surface area contributed by atoms with E-state index in [-0.39, 0.29) is 5.05 Å². The molecule has 1 aliphatic rings. The summed E-state index contributed by atoms with van der Waals surface area (Å²) in [6, 6.07) is 1.75. The molecule has 0 amide bonds. The summed E-state index contributed by atoms with van der Waals surface area (Å²) in [6.07, 6.45) is 3.46. The molecule has 2 rings (SSSR count). The van der Waals surface area contributed by atoms with Crippen LogP contribution in [-0.2, 0) is 16.7 Å². The molecule has 0 radical (unpaired) electrons. The molecule has 0 N–H and O–H groups in total. The van der Waals surface area contributed by atoms with Crippen molar-refractivity contribution in [2.75, 3.05) is 0 Å². The van der Waals surface area contributed by atoms with E-state index in [4.69, 9.17) is 4.74 Å². The normalized spacial score (nSPS) is 13.8. The van der Waals surface area contributed by atoms with Crippen molar-refractivity contribution in [2.45, 2.75) is 6.42 Å². The van der Waals surface area contributed by atoms with Crippen LogP contribution in [-0.4, -0.2) is 18.5 Å². The van der Waals surface area contributed by atoms with Gasteiger partial charge in [0.15, 0.2) is 0 Å².